The van der Waals surface area contributed by atoms with Gasteiger partial charge in [0.15, 0.2) is 17.5 Å². The van der Waals surface area contributed by atoms with Crippen LogP contribution in [-0.4, -0.2) is 130 Å². The Hall–Kier alpha value is -6.80. The van der Waals surface area contributed by atoms with E-state index in [1.54, 1.807) is 73.7 Å². The van der Waals surface area contributed by atoms with Crippen LogP contribution < -0.4 is 5.32 Å². The maximum atomic E-state index is 15.7. The van der Waals surface area contributed by atoms with Crippen molar-refractivity contribution >= 4 is 47.5 Å². The van der Waals surface area contributed by atoms with E-state index in [1.165, 1.54) is 45.9 Å². The van der Waals surface area contributed by atoms with Gasteiger partial charge in [-0.1, -0.05) is 80.1 Å². The van der Waals surface area contributed by atoms with Crippen molar-refractivity contribution in [3.05, 3.63) is 118 Å². The molecule has 1 heterocycles. The number of hydrogen-bond donors (Lipinski definition) is 4. The van der Waals surface area contributed by atoms with Crippen molar-refractivity contribution in [1.82, 2.24) is 5.32 Å². The van der Waals surface area contributed by atoms with Gasteiger partial charge in [-0.05, 0) is 61.7 Å². The van der Waals surface area contributed by atoms with Gasteiger partial charge in [0, 0.05) is 37.7 Å². The monoisotopic (exact) mass is 983 g/mol. The summed E-state index contributed by atoms with van der Waals surface area (Å²) in [7, 11) is 0. The lowest BCUT2D eigenvalue weighted by atomic mass is 9.44. The number of nitrogens with one attached hydrogen (secondary N) is 1. The quantitative estimate of drug-likeness (QED) is 0.0960. The summed E-state index contributed by atoms with van der Waals surface area (Å²) in [4.78, 5) is 110. The summed E-state index contributed by atoms with van der Waals surface area (Å²) in [6, 6.07) is 20.6. The first-order chi connectivity index (χ1) is 33.5. The average molecular weight is 984 g/mol. The van der Waals surface area contributed by atoms with E-state index in [9.17, 15) is 44.1 Å². The van der Waals surface area contributed by atoms with Gasteiger partial charge in [-0.2, -0.15) is 0 Å². The van der Waals surface area contributed by atoms with Crippen molar-refractivity contribution in [2.75, 3.05) is 19.8 Å². The summed E-state index contributed by atoms with van der Waals surface area (Å²) in [6.45, 7) is 7.56. The zero-order valence-corrected chi connectivity index (χ0v) is 40.2. The lowest BCUT2D eigenvalue weighted by Crippen LogP contribution is -2.82. The van der Waals surface area contributed by atoms with Crippen LogP contribution in [0.4, 0.5) is 0 Å². The van der Waals surface area contributed by atoms with Crippen LogP contribution in [0.15, 0.2) is 96.1 Å². The number of rotatable bonds is 15. The molecule has 19 nitrogen and oxygen atoms in total. The molecule has 11 atom stereocenters. The van der Waals surface area contributed by atoms with Crippen LogP contribution in [0.5, 0.6) is 0 Å². The van der Waals surface area contributed by atoms with Crippen LogP contribution in [0.2, 0.25) is 0 Å². The van der Waals surface area contributed by atoms with Gasteiger partial charge in [0.05, 0.1) is 29.6 Å². The van der Waals surface area contributed by atoms with Crippen molar-refractivity contribution in [2.45, 2.75) is 115 Å². The molecular formula is C52H57NO18. The number of carboxylic acids is 1. The Kier molecular flexibility index (Phi) is 14.8. The highest BCUT2D eigenvalue weighted by Crippen LogP contribution is 2.64. The molecule has 7 rings (SSSR count). The zero-order valence-electron chi connectivity index (χ0n) is 40.2. The molecule has 2 saturated carbocycles. The fraction of sp³-hybridized carbons (Fsp3) is 0.462. The van der Waals surface area contributed by atoms with Crippen molar-refractivity contribution < 1.29 is 86.8 Å². The molecule has 71 heavy (non-hydrogen) atoms. The van der Waals surface area contributed by atoms with Gasteiger partial charge in [0.25, 0.3) is 5.91 Å². The van der Waals surface area contributed by atoms with Gasteiger partial charge in [-0.15, -0.1) is 0 Å². The van der Waals surface area contributed by atoms with Gasteiger partial charge in [0.2, 0.25) is 6.10 Å². The number of fused-ring (bicyclic) bond motifs is 5. The molecule has 3 aromatic rings. The molecule has 0 unspecified atom stereocenters. The maximum absolute atomic E-state index is 15.7. The Balaban J connectivity index is 1.41. The third-order valence-electron chi connectivity index (χ3n) is 14.4. The molecule has 1 saturated heterocycles. The van der Waals surface area contributed by atoms with Crippen LogP contribution in [0.25, 0.3) is 0 Å². The summed E-state index contributed by atoms with van der Waals surface area (Å²) in [6.07, 6.45) is -11.2. The Morgan fingerprint density at radius 3 is 2.07 bits per heavy atom. The van der Waals surface area contributed by atoms with E-state index in [4.69, 9.17) is 33.2 Å². The normalized spacial score (nSPS) is 29.2. The number of aryl methyl sites for hydroxylation is 1. The van der Waals surface area contributed by atoms with Gasteiger partial charge < -0.3 is 53.8 Å². The largest absolute Gasteiger partial charge is 0.480 e. The topological polar surface area (TPSA) is 274 Å². The molecule has 3 aliphatic carbocycles. The maximum Gasteiger partial charge on any atom is 0.350 e. The van der Waals surface area contributed by atoms with E-state index in [0.717, 1.165) is 19.4 Å². The minimum Gasteiger partial charge on any atom is -0.480 e. The SMILES string of the molecule is CC(=O)O[C@H]1C(=O)[C@@]2(C)[C@H]([C@H](OC(=O)c3ccccc3)[C@]3(O)C[C@H](OC(=O)[C@H](OC(=O)COCC(=O)O)[C@@H](NC(=O)c4cccc(C)c4)c4ccccc4)C(C)=C1C3(C)C)[C@]1(OC(C)=O)CO[C@@H]1C[C@@H]2O. The van der Waals surface area contributed by atoms with Crippen molar-refractivity contribution in [3.8, 4) is 0 Å². The van der Waals surface area contributed by atoms with E-state index in [2.05, 4.69) is 5.32 Å². The van der Waals surface area contributed by atoms with Crippen LogP contribution in [0, 0.1) is 23.7 Å². The highest BCUT2D eigenvalue weighted by atomic mass is 16.6. The molecular weight excluding hydrogens is 927 g/mol. The van der Waals surface area contributed by atoms with Crippen molar-refractivity contribution in [3.63, 3.8) is 0 Å². The van der Waals surface area contributed by atoms with E-state index < -0.39 is 138 Å². The number of esters is 5. The molecule has 4 aliphatic rings. The van der Waals surface area contributed by atoms with Gasteiger partial charge in [0.1, 0.15) is 43.2 Å². The third-order valence-corrected chi connectivity index (χ3v) is 14.4. The molecule has 4 N–H and O–H groups in total. The lowest BCUT2D eigenvalue weighted by Gasteiger charge is -2.67. The molecule has 3 aromatic carbocycles. The number of amides is 1. The van der Waals surface area contributed by atoms with Crippen molar-refractivity contribution in [2.24, 2.45) is 16.7 Å². The first-order valence-corrected chi connectivity index (χ1v) is 23.0. The second-order valence-electron chi connectivity index (χ2n) is 19.2. The van der Waals surface area contributed by atoms with Crippen LogP contribution in [0.3, 0.4) is 0 Å². The van der Waals surface area contributed by atoms with E-state index in [1.807, 2.05) is 0 Å². The van der Waals surface area contributed by atoms with E-state index in [0.29, 0.717) is 0 Å². The fourth-order valence-electron chi connectivity index (χ4n) is 10.9. The second kappa shape index (κ2) is 20.1. The smallest absolute Gasteiger partial charge is 0.350 e. The summed E-state index contributed by atoms with van der Waals surface area (Å²) < 4.78 is 41.3. The number of aliphatic hydroxyl groups is 2. The fourth-order valence-corrected chi connectivity index (χ4v) is 10.9. The lowest BCUT2D eigenvalue weighted by molar-refractivity contribution is -0.346. The van der Waals surface area contributed by atoms with Gasteiger partial charge in [-0.25, -0.2) is 19.2 Å². The molecule has 2 bridgehead atoms. The van der Waals surface area contributed by atoms with Crippen LogP contribution in [0.1, 0.15) is 92.3 Å². The van der Waals surface area contributed by atoms with Crippen molar-refractivity contribution in [1.29, 1.82) is 0 Å². The van der Waals surface area contributed by atoms with Crippen LogP contribution in [-0.2, 0) is 61.9 Å². The Morgan fingerprint density at radius 1 is 0.831 bits per heavy atom. The molecule has 1 aliphatic heterocycles. The number of aliphatic hydroxyl groups excluding tert-OH is 1. The summed E-state index contributed by atoms with van der Waals surface area (Å²) in [5, 5.41) is 38.0. The Bertz CT molecular complexity index is 2630. The highest BCUT2D eigenvalue weighted by molar-refractivity contribution is 5.96. The summed E-state index contributed by atoms with van der Waals surface area (Å²) in [5.41, 5.74) is -7.11. The summed E-state index contributed by atoms with van der Waals surface area (Å²) >= 11 is 0. The standard InChI is InChI=1S/C52H57NO18/c1-27-15-14-20-33(21-27)46(61)53-40(31-16-10-8-11-17-31)42(69-38(59)25-65-24-37(57)58)48(63)68-34-23-52(64)45(70-47(62)32-18-12-9-13-19-32)43-50(7,35(56)22-36-51(43,26-66-36)71-30(4)55)44(60)41(67-29(3)54)39(28(34)2)49(52,5)6/h8-21,34-36,40-43,45,56,64H,22-26H2,1-7H3,(H,53,61)(H,57,58)/t34-,35-,36+,40-,41+,42+,43-,45-,50+,51-,52+/m0/s1. The highest BCUT2D eigenvalue weighted by Gasteiger charge is 2.78. The Morgan fingerprint density at radius 2 is 1.48 bits per heavy atom. The summed E-state index contributed by atoms with van der Waals surface area (Å²) in [5.74, 6) is -9.99. The first-order valence-electron chi connectivity index (χ1n) is 23.0. The zero-order chi connectivity index (χ0) is 51.8. The molecule has 19 heteroatoms. The first kappa shape index (κ1) is 52.0. The molecule has 0 radical (unpaired) electrons. The predicted molar refractivity (Wildman–Crippen MR) is 245 cm³/mol. The number of carbonyl (C=O) groups is 8. The van der Waals surface area contributed by atoms with E-state index >= 15 is 9.59 Å². The third kappa shape index (κ3) is 9.70. The predicted octanol–water partition coefficient (Wildman–Crippen LogP) is 3.70. The number of Topliss-reactive ketones (excluding diaryl/α,β-unsaturated/α-hetero) is 1. The number of benzene rings is 3. The molecule has 3 fully saturated rings. The number of ketones is 1. The van der Waals surface area contributed by atoms with Crippen LogP contribution >= 0.6 is 0 Å². The number of carbonyl (C=O) groups excluding carboxylic acids is 7. The number of aliphatic carboxylic acids is 1. The minimum atomic E-state index is -2.51. The molecule has 378 valence electrons. The minimum absolute atomic E-state index is 0.0171. The van der Waals surface area contributed by atoms with Gasteiger partial charge in [-0.3, -0.25) is 19.2 Å². The van der Waals surface area contributed by atoms with E-state index in [-0.39, 0.29) is 40.9 Å². The van der Waals surface area contributed by atoms with Gasteiger partial charge >= 0.3 is 35.8 Å². The molecule has 1 amide bonds. The molecule has 0 spiro atoms. The molecule has 0 aromatic heterocycles. The Labute approximate surface area is 408 Å². The average Bonchev–Trinajstić information content (AvgIpc) is 3.31. The number of carboxylic acid groups (broad SMARTS) is 1. The number of hydrogen-bond acceptors (Lipinski definition) is 17. The number of ether oxygens (including phenoxy) is 7. The second-order valence-corrected chi connectivity index (χ2v) is 19.2.